The lowest BCUT2D eigenvalue weighted by atomic mass is 10.2. The average molecular weight is 281 g/mol. The van der Waals surface area contributed by atoms with E-state index in [1.807, 2.05) is 0 Å². The molecule has 0 aliphatic carbocycles. The molecule has 0 heterocycles. The lowest BCUT2D eigenvalue weighted by Gasteiger charge is -2.16. The third-order valence-electron chi connectivity index (χ3n) is 2.45. The summed E-state index contributed by atoms with van der Waals surface area (Å²) in [6, 6.07) is 4.31. The SMILES string of the molecule is C=C(C)C(OC(=O)Nc1ccc(C)cc1F)C(=O)OC. The van der Waals surface area contributed by atoms with E-state index in [1.54, 1.807) is 13.0 Å². The second-order valence-corrected chi connectivity index (χ2v) is 4.26. The molecule has 0 spiro atoms. The molecule has 0 saturated carbocycles. The normalized spacial score (nSPS) is 11.4. The minimum absolute atomic E-state index is 0.0362. The van der Waals surface area contributed by atoms with Crippen LogP contribution in [0, 0.1) is 12.7 Å². The average Bonchev–Trinajstić information content (AvgIpc) is 2.38. The van der Waals surface area contributed by atoms with Gasteiger partial charge in [-0.25, -0.2) is 14.0 Å². The predicted molar refractivity (Wildman–Crippen MR) is 71.9 cm³/mol. The lowest BCUT2D eigenvalue weighted by Crippen LogP contribution is -2.31. The van der Waals surface area contributed by atoms with Crippen LogP contribution < -0.4 is 5.32 Å². The number of amides is 1. The van der Waals surface area contributed by atoms with Crippen molar-refractivity contribution in [3.05, 3.63) is 41.7 Å². The molecular weight excluding hydrogens is 265 g/mol. The predicted octanol–water partition coefficient (Wildman–Crippen LogP) is 2.80. The minimum atomic E-state index is -1.23. The molecule has 1 atom stereocenters. The first-order valence-electron chi connectivity index (χ1n) is 5.82. The van der Waals surface area contributed by atoms with Crippen LogP contribution in [0.5, 0.6) is 0 Å². The Bertz CT molecular complexity index is 542. The Hall–Kier alpha value is -2.37. The van der Waals surface area contributed by atoms with Crippen molar-refractivity contribution in [1.82, 2.24) is 0 Å². The summed E-state index contributed by atoms with van der Waals surface area (Å²) in [6.07, 6.45) is -2.19. The van der Waals surface area contributed by atoms with Gasteiger partial charge in [0.05, 0.1) is 12.8 Å². The molecule has 0 aliphatic heterocycles. The standard InChI is InChI=1S/C14H16FNO4/c1-8(2)12(13(17)19-4)20-14(18)16-11-6-5-9(3)7-10(11)15/h5-7,12H,1H2,2-4H3,(H,16,18). The molecule has 20 heavy (non-hydrogen) atoms. The zero-order valence-corrected chi connectivity index (χ0v) is 11.5. The summed E-state index contributed by atoms with van der Waals surface area (Å²) in [7, 11) is 1.17. The van der Waals surface area contributed by atoms with Gasteiger partial charge in [0.15, 0.2) is 0 Å². The summed E-state index contributed by atoms with van der Waals surface area (Å²) in [5.74, 6) is -1.34. The number of anilines is 1. The van der Waals surface area contributed by atoms with E-state index in [-0.39, 0.29) is 5.69 Å². The summed E-state index contributed by atoms with van der Waals surface area (Å²) in [5, 5.41) is 2.22. The highest BCUT2D eigenvalue weighted by Crippen LogP contribution is 2.16. The van der Waals surface area contributed by atoms with Crippen molar-refractivity contribution in [2.24, 2.45) is 0 Å². The van der Waals surface area contributed by atoms with Crippen LogP contribution in [0.15, 0.2) is 30.4 Å². The van der Waals surface area contributed by atoms with Gasteiger partial charge >= 0.3 is 12.1 Å². The third kappa shape index (κ3) is 4.08. The Labute approximate surface area is 116 Å². The molecule has 0 fully saturated rings. The molecule has 0 saturated heterocycles. The number of hydrogen-bond donors (Lipinski definition) is 1. The van der Waals surface area contributed by atoms with Gasteiger partial charge < -0.3 is 9.47 Å². The van der Waals surface area contributed by atoms with Crippen LogP contribution in [0.25, 0.3) is 0 Å². The molecule has 1 unspecified atom stereocenters. The smallest absolute Gasteiger partial charge is 0.412 e. The second-order valence-electron chi connectivity index (χ2n) is 4.26. The molecule has 1 aromatic carbocycles. The largest absolute Gasteiger partial charge is 0.466 e. The topological polar surface area (TPSA) is 64.6 Å². The molecule has 1 aromatic rings. The number of esters is 1. The Morgan fingerprint density at radius 1 is 1.40 bits per heavy atom. The fourth-order valence-corrected chi connectivity index (χ4v) is 1.42. The molecule has 0 aromatic heterocycles. The molecular formula is C14H16FNO4. The molecule has 0 radical (unpaired) electrons. The summed E-state index contributed by atoms with van der Waals surface area (Å²) in [4.78, 5) is 23.0. The zero-order chi connectivity index (χ0) is 15.3. The van der Waals surface area contributed by atoms with Crippen molar-refractivity contribution in [2.45, 2.75) is 20.0 Å². The molecule has 1 amide bonds. The molecule has 1 rings (SSSR count). The van der Waals surface area contributed by atoms with Gasteiger partial charge in [0.2, 0.25) is 6.10 Å². The Morgan fingerprint density at radius 2 is 2.05 bits per heavy atom. The van der Waals surface area contributed by atoms with Crippen LogP contribution >= 0.6 is 0 Å². The molecule has 0 aliphatic rings. The molecule has 5 nitrogen and oxygen atoms in total. The third-order valence-corrected chi connectivity index (χ3v) is 2.45. The second kappa shape index (κ2) is 6.70. The van der Waals surface area contributed by atoms with Gasteiger partial charge in [-0.2, -0.15) is 0 Å². The maximum atomic E-state index is 13.6. The van der Waals surface area contributed by atoms with E-state index >= 15 is 0 Å². The summed E-state index contributed by atoms with van der Waals surface area (Å²) in [6.45, 7) is 6.77. The first-order chi connectivity index (χ1) is 9.35. The van der Waals surface area contributed by atoms with Gasteiger partial charge in [0, 0.05) is 0 Å². The number of methoxy groups -OCH3 is 1. The minimum Gasteiger partial charge on any atom is -0.466 e. The highest BCUT2D eigenvalue weighted by atomic mass is 19.1. The summed E-state index contributed by atoms with van der Waals surface area (Å²) in [5.41, 5.74) is 0.984. The van der Waals surface area contributed by atoms with Gasteiger partial charge in [-0.15, -0.1) is 0 Å². The maximum absolute atomic E-state index is 13.6. The van der Waals surface area contributed by atoms with E-state index in [4.69, 9.17) is 4.74 Å². The number of carbonyl (C=O) groups is 2. The number of carbonyl (C=O) groups excluding carboxylic acids is 2. The van der Waals surface area contributed by atoms with E-state index in [9.17, 15) is 14.0 Å². The van der Waals surface area contributed by atoms with Crippen molar-refractivity contribution in [1.29, 1.82) is 0 Å². The van der Waals surface area contributed by atoms with Crippen LogP contribution in [0.2, 0.25) is 0 Å². The number of ether oxygens (including phenoxy) is 2. The summed E-state index contributed by atoms with van der Waals surface area (Å²) < 4.78 is 22.9. The fourth-order valence-electron chi connectivity index (χ4n) is 1.42. The lowest BCUT2D eigenvalue weighted by molar-refractivity contribution is -0.148. The van der Waals surface area contributed by atoms with Crippen molar-refractivity contribution in [3.8, 4) is 0 Å². The van der Waals surface area contributed by atoms with Gasteiger partial charge in [0.25, 0.3) is 0 Å². The highest BCUT2D eigenvalue weighted by Gasteiger charge is 2.24. The van der Waals surface area contributed by atoms with Gasteiger partial charge in [-0.3, -0.25) is 5.32 Å². The van der Waals surface area contributed by atoms with Crippen molar-refractivity contribution in [3.63, 3.8) is 0 Å². The number of halogens is 1. The Kier molecular flexibility index (Phi) is 5.25. The highest BCUT2D eigenvalue weighted by molar-refractivity contribution is 5.88. The number of aryl methyl sites for hydroxylation is 1. The van der Waals surface area contributed by atoms with Crippen molar-refractivity contribution < 1.29 is 23.5 Å². The Morgan fingerprint density at radius 3 is 2.55 bits per heavy atom. The first kappa shape index (κ1) is 15.7. The molecule has 108 valence electrons. The molecule has 6 heteroatoms. The maximum Gasteiger partial charge on any atom is 0.412 e. The van der Waals surface area contributed by atoms with Crippen LogP contribution in [0.4, 0.5) is 14.9 Å². The number of benzene rings is 1. The van der Waals surface area contributed by atoms with Crippen LogP contribution in [0.1, 0.15) is 12.5 Å². The zero-order valence-electron chi connectivity index (χ0n) is 11.5. The van der Waals surface area contributed by atoms with Crippen molar-refractivity contribution >= 4 is 17.7 Å². The number of nitrogens with one attached hydrogen (secondary N) is 1. The quantitative estimate of drug-likeness (QED) is 0.681. The van der Waals surface area contributed by atoms with Gasteiger partial charge in [0.1, 0.15) is 5.82 Å². The number of hydrogen-bond acceptors (Lipinski definition) is 4. The van der Waals surface area contributed by atoms with Crippen molar-refractivity contribution in [2.75, 3.05) is 12.4 Å². The first-order valence-corrected chi connectivity index (χ1v) is 5.82. The van der Waals surface area contributed by atoms with E-state index in [2.05, 4.69) is 16.6 Å². The molecule has 0 bridgehead atoms. The summed E-state index contributed by atoms with van der Waals surface area (Å²) >= 11 is 0. The fraction of sp³-hybridized carbons (Fsp3) is 0.286. The Balaban J connectivity index is 2.75. The van der Waals surface area contributed by atoms with Gasteiger partial charge in [-0.1, -0.05) is 12.6 Å². The monoisotopic (exact) mass is 281 g/mol. The van der Waals surface area contributed by atoms with E-state index in [0.717, 1.165) is 5.56 Å². The van der Waals surface area contributed by atoms with Crippen LogP contribution in [-0.4, -0.2) is 25.3 Å². The van der Waals surface area contributed by atoms with E-state index in [1.165, 1.54) is 26.2 Å². The van der Waals surface area contributed by atoms with Gasteiger partial charge in [-0.05, 0) is 37.1 Å². The number of rotatable bonds is 4. The molecule has 1 N–H and O–H groups in total. The van der Waals surface area contributed by atoms with Crippen LogP contribution in [0.3, 0.4) is 0 Å². The van der Waals surface area contributed by atoms with Crippen LogP contribution in [-0.2, 0) is 14.3 Å². The van der Waals surface area contributed by atoms with E-state index in [0.29, 0.717) is 5.57 Å². The van der Waals surface area contributed by atoms with E-state index < -0.39 is 24.0 Å².